The molecule has 1 aromatic heterocycles. The van der Waals surface area contributed by atoms with E-state index in [1.54, 1.807) is 20.2 Å². The molecule has 0 aliphatic rings. The van der Waals surface area contributed by atoms with Crippen molar-refractivity contribution in [3.05, 3.63) is 42.8 Å². The van der Waals surface area contributed by atoms with E-state index in [1.807, 2.05) is 20.8 Å². The lowest BCUT2D eigenvalue weighted by Gasteiger charge is -2.35. The number of nitrogens with two attached hydrogens (primary N) is 1. The fourth-order valence-corrected chi connectivity index (χ4v) is 2.48. The summed E-state index contributed by atoms with van der Waals surface area (Å²) < 4.78 is 1.40. The van der Waals surface area contributed by atoms with Crippen molar-refractivity contribution in [3.63, 3.8) is 0 Å². The number of hydrogen-bond donors (Lipinski definition) is 1. The Kier molecular flexibility index (Phi) is 7.06. The summed E-state index contributed by atoms with van der Waals surface area (Å²) in [5.41, 5.74) is 6.53. The van der Waals surface area contributed by atoms with E-state index in [-0.39, 0.29) is 29.8 Å². The van der Waals surface area contributed by atoms with Gasteiger partial charge in [0, 0.05) is 20.3 Å². The van der Waals surface area contributed by atoms with Gasteiger partial charge in [0.2, 0.25) is 5.91 Å². The minimum atomic E-state index is -0.664. The van der Waals surface area contributed by atoms with Gasteiger partial charge in [-0.3, -0.25) is 14.3 Å². The molecule has 0 saturated heterocycles. The van der Waals surface area contributed by atoms with E-state index in [9.17, 15) is 9.59 Å². The Morgan fingerprint density at radius 2 is 2.12 bits per heavy atom. The van der Waals surface area contributed by atoms with Crippen LogP contribution in [-0.4, -0.2) is 46.4 Å². The van der Waals surface area contributed by atoms with Crippen molar-refractivity contribution in [1.29, 1.82) is 0 Å². The molecule has 142 valence electrons. The molecule has 1 aromatic rings. The number of amides is 2. The number of aromatic nitrogens is 2. The second-order valence-electron chi connectivity index (χ2n) is 6.76. The number of nitrogens with zero attached hydrogens (tertiary/aromatic N) is 4. The fraction of sp³-hybridized carbons (Fsp3) is 0.474. The Balaban J connectivity index is 3.09. The summed E-state index contributed by atoms with van der Waals surface area (Å²) in [5.74, 6) is -0.303. The zero-order valence-electron chi connectivity index (χ0n) is 16.3. The first-order valence-electron chi connectivity index (χ1n) is 8.51. The lowest BCUT2D eigenvalue weighted by atomic mass is 9.70. The summed E-state index contributed by atoms with van der Waals surface area (Å²) in [4.78, 5) is 29.8. The normalized spacial score (nSPS) is 15.0. The molecule has 0 saturated carbocycles. The van der Waals surface area contributed by atoms with Crippen molar-refractivity contribution < 1.29 is 9.59 Å². The van der Waals surface area contributed by atoms with Gasteiger partial charge < -0.3 is 10.6 Å². The molecule has 0 aliphatic carbocycles. The second-order valence-corrected chi connectivity index (χ2v) is 6.76. The Hall–Kier alpha value is -2.70. The van der Waals surface area contributed by atoms with Gasteiger partial charge in [0.05, 0.1) is 17.2 Å². The van der Waals surface area contributed by atoms with Crippen LogP contribution >= 0.6 is 0 Å². The van der Waals surface area contributed by atoms with Crippen LogP contribution in [0.4, 0.5) is 0 Å². The molecular weight excluding hydrogens is 330 g/mol. The number of amidine groups is 1. The van der Waals surface area contributed by atoms with Crippen LogP contribution in [0.15, 0.2) is 42.2 Å². The third kappa shape index (κ3) is 4.47. The van der Waals surface area contributed by atoms with Gasteiger partial charge in [-0.15, -0.1) is 0 Å². The number of carbonyl (C=O) groups is 2. The van der Waals surface area contributed by atoms with Crippen LogP contribution in [0.25, 0.3) is 0 Å². The standard InChI is InChI=1S/C19H29N5O2/c1-8-13(3)19(5,14(4)9-2)18(20)22-17(26)15-10-21-24(11-15)12-16(25)23(6)7/h8,10-11,14H,1,3,9,12H2,2,4-7H3,(H2,20,22,26). The van der Waals surface area contributed by atoms with Crippen LogP contribution in [0.5, 0.6) is 0 Å². The molecule has 0 radical (unpaired) electrons. The van der Waals surface area contributed by atoms with Crippen LogP contribution in [-0.2, 0) is 11.3 Å². The van der Waals surface area contributed by atoms with Crippen LogP contribution in [0.1, 0.15) is 37.6 Å². The monoisotopic (exact) mass is 359 g/mol. The molecular formula is C19H29N5O2. The van der Waals surface area contributed by atoms with Crippen LogP contribution in [0.3, 0.4) is 0 Å². The first kappa shape index (κ1) is 21.3. The first-order valence-corrected chi connectivity index (χ1v) is 8.51. The van der Waals surface area contributed by atoms with Gasteiger partial charge in [-0.05, 0) is 18.4 Å². The van der Waals surface area contributed by atoms with Crippen molar-refractivity contribution in [2.75, 3.05) is 14.1 Å². The van der Waals surface area contributed by atoms with Crippen molar-refractivity contribution >= 4 is 17.6 Å². The molecule has 0 aliphatic heterocycles. The van der Waals surface area contributed by atoms with Gasteiger partial charge in [-0.2, -0.15) is 10.1 Å². The first-order chi connectivity index (χ1) is 12.1. The Morgan fingerprint density at radius 3 is 2.62 bits per heavy atom. The summed E-state index contributed by atoms with van der Waals surface area (Å²) in [6, 6.07) is 0. The fourth-order valence-electron chi connectivity index (χ4n) is 2.48. The molecule has 1 rings (SSSR count). The predicted octanol–water partition coefficient (Wildman–Crippen LogP) is 2.26. The lowest BCUT2D eigenvalue weighted by molar-refractivity contribution is -0.129. The van der Waals surface area contributed by atoms with E-state index < -0.39 is 11.3 Å². The molecule has 0 aromatic carbocycles. The van der Waals surface area contributed by atoms with Gasteiger partial charge in [-0.1, -0.05) is 39.5 Å². The highest BCUT2D eigenvalue weighted by atomic mass is 16.2. The minimum absolute atomic E-state index is 0.0529. The summed E-state index contributed by atoms with van der Waals surface area (Å²) in [5, 5.41) is 4.04. The zero-order chi connectivity index (χ0) is 20.1. The van der Waals surface area contributed by atoms with Crippen LogP contribution < -0.4 is 5.73 Å². The van der Waals surface area contributed by atoms with Crippen LogP contribution in [0.2, 0.25) is 0 Å². The highest BCUT2D eigenvalue weighted by molar-refractivity contribution is 6.05. The van der Waals surface area contributed by atoms with Gasteiger partial charge in [0.1, 0.15) is 12.4 Å². The number of hydrogen-bond acceptors (Lipinski definition) is 3. The lowest BCUT2D eigenvalue weighted by Crippen LogP contribution is -2.41. The minimum Gasteiger partial charge on any atom is -0.386 e. The molecule has 26 heavy (non-hydrogen) atoms. The van der Waals surface area contributed by atoms with Crippen molar-refractivity contribution in [2.45, 2.75) is 33.7 Å². The Bertz CT molecular complexity index is 732. The molecule has 0 bridgehead atoms. The SMILES string of the molecule is C=CC(=C)C(C)(C(N)=NC(=O)c1cnn(CC(=O)N(C)C)c1)C(C)CC. The number of carbonyl (C=O) groups excluding carboxylic acids is 2. The molecule has 2 unspecified atom stereocenters. The second kappa shape index (κ2) is 8.60. The average Bonchev–Trinajstić information content (AvgIpc) is 3.07. The molecule has 2 amide bonds. The van der Waals surface area contributed by atoms with Gasteiger partial charge in [-0.25, -0.2) is 0 Å². The summed E-state index contributed by atoms with van der Waals surface area (Å²) in [6.07, 6.45) is 5.36. The molecule has 2 N–H and O–H groups in total. The predicted molar refractivity (Wildman–Crippen MR) is 104 cm³/mol. The third-order valence-corrected chi connectivity index (χ3v) is 4.94. The Labute approximate surface area is 155 Å². The topological polar surface area (TPSA) is 93.6 Å². The molecule has 7 heteroatoms. The van der Waals surface area contributed by atoms with Gasteiger partial charge in [0.15, 0.2) is 0 Å². The van der Waals surface area contributed by atoms with E-state index in [1.165, 1.54) is 22.0 Å². The van der Waals surface area contributed by atoms with E-state index in [2.05, 4.69) is 23.2 Å². The van der Waals surface area contributed by atoms with Crippen molar-refractivity contribution in [3.8, 4) is 0 Å². The number of aliphatic imine (C=N–C) groups is 1. The van der Waals surface area contributed by atoms with E-state index >= 15 is 0 Å². The average molecular weight is 359 g/mol. The molecule has 2 atom stereocenters. The van der Waals surface area contributed by atoms with Crippen molar-refractivity contribution in [2.24, 2.45) is 22.1 Å². The van der Waals surface area contributed by atoms with Gasteiger partial charge in [0.25, 0.3) is 5.91 Å². The molecule has 0 fully saturated rings. The summed E-state index contributed by atoms with van der Waals surface area (Å²) >= 11 is 0. The number of likely N-dealkylation sites (N-methyl/N-ethyl adjacent to an activating group) is 1. The van der Waals surface area contributed by atoms with E-state index in [4.69, 9.17) is 5.73 Å². The Morgan fingerprint density at radius 1 is 1.50 bits per heavy atom. The zero-order valence-corrected chi connectivity index (χ0v) is 16.3. The largest absolute Gasteiger partial charge is 0.386 e. The highest BCUT2D eigenvalue weighted by Gasteiger charge is 2.36. The van der Waals surface area contributed by atoms with E-state index in [0.29, 0.717) is 5.57 Å². The van der Waals surface area contributed by atoms with Crippen LogP contribution in [0, 0.1) is 11.3 Å². The van der Waals surface area contributed by atoms with Gasteiger partial charge >= 0.3 is 0 Å². The summed E-state index contributed by atoms with van der Waals surface area (Å²) in [6.45, 7) is 13.8. The maximum Gasteiger partial charge on any atom is 0.281 e. The number of rotatable bonds is 8. The maximum atomic E-state index is 12.5. The smallest absolute Gasteiger partial charge is 0.281 e. The quantitative estimate of drug-likeness (QED) is 0.438. The highest BCUT2D eigenvalue weighted by Crippen LogP contribution is 2.37. The molecule has 1 heterocycles. The van der Waals surface area contributed by atoms with E-state index in [0.717, 1.165) is 6.42 Å². The van der Waals surface area contributed by atoms with Crippen molar-refractivity contribution in [1.82, 2.24) is 14.7 Å². The third-order valence-electron chi connectivity index (χ3n) is 4.94. The molecule has 0 spiro atoms. The molecule has 7 nitrogen and oxygen atoms in total. The number of allylic oxidation sites excluding steroid dienone is 1. The maximum absolute atomic E-state index is 12.5. The summed E-state index contributed by atoms with van der Waals surface area (Å²) in [7, 11) is 3.32.